The van der Waals surface area contributed by atoms with Gasteiger partial charge >= 0.3 is 0 Å². The van der Waals surface area contributed by atoms with Gasteiger partial charge in [0.15, 0.2) is 4.80 Å². The number of rotatable bonds is 6. The van der Waals surface area contributed by atoms with Gasteiger partial charge in [0.05, 0.1) is 21.7 Å². The fraction of sp³-hybridized carbons (Fsp3) is 0.360. The van der Waals surface area contributed by atoms with Crippen LogP contribution in [0.15, 0.2) is 52.4 Å². The maximum Gasteiger partial charge on any atom is 0.279 e. The fourth-order valence-corrected chi connectivity index (χ4v) is 7.17. The largest absolute Gasteiger partial charge is 0.305 e. The van der Waals surface area contributed by atoms with Crippen LogP contribution in [0.25, 0.3) is 10.2 Å². The van der Waals surface area contributed by atoms with Crippen LogP contribution in [0.5, 0.6) is 0 Å². The Morgan fingerprint density at radius 1 is 1.21 bits per heavy atom. The van der Waals surface area contributed by atoms with Gasteiger partial charge < -0.3 is 4.57 Å². The summed E-state index contributed by atoms with van der Waals surface area (Å²) in [5, 5.41) is 0. The van der Waals surface area contributed by atoms with E-state index < -0.39 is 15.9 Å². The standard InChI is InChI=1S/C25H26FN3O3S2/c1-3-16-28-22-15-12-19(26)17-23(22)33-25(28)27-24(30)18-10-13-21(14-11-18)34(31,32)29(4-2)20-8-6-5-7-9-20/h1,10-15,17,20H,4-9,16H2,2H3. The zero-order valence-electron chi connectivity index (χ0n) is 18.9. The minimum atomic E-state index is -3.66. The van der Waals surface area contributed by atoms with E-state index in [2.05, 4.69) is 10.9 Å². The van der Waals surface area contributed by atoms with Crippen molar-refractivity contribution in [3.05, 3.63) is 58.6 Å². The zero-order valence-corrected chi connectivity index (χ0v) is 20.5. The van der Waals surface area contributed by atoms with Crippen molar-refractivity contribution >= 4 is 37.5 Å². The molecule has 1 amide bonds. The summed E-state index contributed by atoms with van der Waals surface area (Å²) in [6.45, 7) is 2.44. The summed E-state index contributed by atoms with van der Waals surface area (Å²) in [4.78, 5) is 17.6. The number of benzene rings is 2. The summed E-state index contributed by atoms with van der Waals surface area (Å²) < 4.78 is 44.0. The van der Waals surface area contributed by atoms with Gasteiger partial charge in [-0.3, -0.25) is 4.79 Å². The van der Waals surface area contributed by atoms with Crippen molar-refractivity contribution in [3.63, 3.8) is 0 Å². The number of thiazole rings is 1. The van der Waals surface area contributed by atoms with Crippen molar-refractivity contribution in [3.8, 4) is 12.3 Å². The molecule has 9 heteroatoms. The number of hydrogen-bond donors (Lipinski definition) is 0. The number of terminal acetylenes is 1. The summed E-state index contributed by atoms with van der Waals surface area (Å²) in [6, 6.07) is 10.2. The van der Waals surface area contributed by atoms with Crippen LogP contribution < -0.4 is 4.80 Å². The number of halogens is 1. The minimum absolute atomic E-state index is 0.0180. The Morgan fingerprint density at radius 2 is 1.91 bits per heavy atom. The molecule has 34 heavy (non-hydrogen) atoms. The van der Waals surface area contributed by atoms with E-state index in [-0.39, 0.29) is 28.9 Å². The first kappa shape index (κ1) is 24.3. The fourth-order valence-electron chi connectivity index (χ4n) is 4.43. The maximum atomic E-state index is 13.6. The van der Waals surface area contributed by atoms with Crippen molar-refractivity contribution < 1.29 is 17.6 Å². The van der Waals surface area contributed by atoms with Crippen LogP contribution in [0, 0.1) is 18.2 Å². The Hall–Kier alpha value is -2.80. The molecule has 1 aliphatic carbocycles. The topological polar surface area (TPSA) is 71.7 Å². The summed E-state index contributed by atoms with van der Waals surface area (Å²) in [7, 11) is -3.66. The van der Waals surface area contributed by atoms with Crippen molar-refractivity contribution in [1.82, 2.24) is 8.87 Å². The first-order valence-corrected chi connectivity index (χ1v) is 13.5. The summed E-state index contributed by atoms with van der Waals surface area (Å²) in [6.07, 6.45) is 10.4. The molecule has 6 nitrogen and oxygen atoms in total. The lowest BCUT2D eigenvalue weighted by molar-refractivity contribution is 0.0997. The van der Waals surface area contributed by atoms with E-state index in [1.807, 2.05) is 6.92 Å². The molecule has 1 aliphatic rings. The van der Waals surface area contributed by atoms with Crippen LogP contribution in [-0.4, -0.2) is 35.8 Å². The molecule has 0 aliphatic heterocycles. The normalized spacial score (nSPS) is 15.6. The average Bonchev–Trinajstić information content (AvgIpc) is 3.16. The van der Waals surface area contributed by atoms with Crippen molar-refractivity contribution in [1.29, 1.82) is 0 Å². The predicted molar refractivity (Wildman–Crippen MR) is 131 cm³/mol. The molecule has 0 bridgehead atoms. The zero-order chi connectivity index (χ0) is 24.3. The molecule has 0 radical (unpaired) electrons. The van der Waals surface area contributed by atoms with E-state index in [0.29, 0.717) is 21.6 Å². The SMILES string of the molecule is C#CCn1c(=NC(=O)c2ccc(S(=O)(=O)N(CC)C3CCCCC3)cc2)sc2cc(F)ccc21. The number of nitrogens with zero attached hydrogens (tertiary/aromatic N) is 3. The van der Waals surface area contributed by atoms with Crippen molar-refractivity contribution in [2.75, 3.05) is 6.54 Å². The molecular weight excluding hydrogens is 473 g/mol. The number of fused-ring (bicyclic) bond motifs is 1. The van der Waals surface area contributed by atoms with Crippen molar-refractivity contribution in [2.24, 2.45) is 4.99 Å². The molecule has 4 rings (SSSR count). The number of carbonyl (C=O) groups excluding carboxylic acids is 1. The van der Waals surface area contributed by atoms with E-state index in [4.69, 9.17) is 6.42 Å². The maximum absolute atomic E-state index is 13.6. The van der Waals surface area contributed by atoms with Crippen LogP contribution in [0.1, 0.15) is 49.4 Å². The number of amides is 1. The van der Waals surface area contributed by atoms with Gasteiger partial charge in [-0.15, -0.1) is 6.42 Å². The summed E-state index contributed by atoms with van der Waals surface area (Å²) in [5.74, 6) is 1.62. The molecule has 0 N–H and O–H groups in total. The molecule has 1 aromatic heterocycles. The highest BCUT2D eigenvalue weighted by molar-refractivity contribution is 7.89. The van der Waals surface area contributed by atoms with E-state index >= 15 is 0 Å². The predicted octanol–water partition coefficient (Wildman–Crippen LogP) is 4.56. The highest BCUT2D eigenvalue weighted by Crippen LogP contribution is 2.28. The summed E-state index contributed by atoms with van der Waals surface area (Å²) >= 11 is 1.17. The van der Waals surface area contributed by atoms with Crippen LogP contribution in [0.4, 0.5) is 4.39 Å². The van der Waals surface area contributed by atoms with Gasteiger partial charge in [-0.1, -0.05) is 43.4 Å². The van der Waals surface area contributed by atoms with Crippen LogP contribution in [0.2, 0.25) is 0 Å². The molecule has 1 heterocycles. The van der Waals surface area contributed by atoms with E-state index in [1.165, 1.54) is 47.7 Å². The van der Waals surface area contributed by atoms with Gasteiger partial charge in [-0.05, 0) is 55.3 Å². The van der Waals surface area contributed by atoms with Gasteiger partial charge in [0.25, 0.3) is 5.91 Å². The highest BCUT2D eigenvalue weighted by atomic mass is 32.2. The lowest BCUT2D eigenvalue weighted by atomic mass is 9.95. The third-order valence-corrected chi connectivity index (χ3v) is 9.18. The molecule has 178 valence electrons. The van der Waals surface area contributed by atoms with Gasteiger partial charge in [0.2, 0.25) is 10.0 Å². The Morgan fingerprint density at radius 3 is 2.56 bits per heavy atom. The number of hydrogen-bond acceptors (Lipinski definition) is 4. The van der Waals surface area contributed by atoms with Crippen LogP contribution in [-0.2, 0) is 16.6 Å². The Labute approximate surface area is 202 Å². The van der Waals surface area contributed by atoms with E-state index in [9.17, 15) is 17.6 Å². The molecule has 3 aromatic rings. The van der Waals surface area contributed by atoms with Gasteiger partial charge in [0, 0.05) is 18.2 Å². The van der Waals surface area contributed by atoms with Crippen LogP contribution >= 0.6 is 11.3 Å². The molecule has 1 fully saturated rings. The lowest BCUT2D eigenvalue weighted by Crippen LogP contribution is -2.41. The van der Waals surface area contributed by atoms with Gasteiger partial charge in [-0.2, -0.15) is 9.30 Å². The highest BCUT2D eigenvalue weighted by Gasteiger charge is 2.31. The second kappa shape index (κ2) is 10.2. The second-order valence-corrected chi connectivity index (χ2v) is 11.1. The van der Waals surface area contributed by atoms with E-state index in [1.54, 1.807) is 14.9 Å². The lowest BCUT2D eigenvalue weighted by Gasteiger charge is -2.32. The van der Waals surface area contributed by atoms with Crippen LogP contribution in [0.3, 0.4) is 0 Å². The summed E-state index contributed by atoms with van der Waals surface area (Å²) in [5.41, 5.74) is 0.954. The Bertz CT molecular complexity index is 1410. The van der Waals surface area contributed by atoms with E-state index in [0.717, 1.165) is 32.1 Å². The van der Waals surface area contributed by atoms with Crippen molar-refractivity contribution in [2.45, 2.75) is 56.5 Å². The minimum Gasteiger partial charge on any atom is -0.305 e. The second-order valence-electron chi connectivity index (χ2n) is 8.23. The number of sulfonamides is 1. The monoisotopic (exact) mass is 499 g/mol. The first-order chi connectivity index (χ1) is 16.3. The molecule has 0 saturated heterocycles. The molecule has 0 spiro atoms. The molecule has 1 saturated carbocycles. The third kappa shape index (κ3) is 4.85. The third-order valence-electron chi connectivity index (χ3n) is 6.09. The van der Waals surface area contributed by atoms with Gasteiger partial charge in [-0.25, -0.2) is 12.8 Å². The first-order valence-electron chi connectivity index (χ1n) is 11.3. The molecule has 0 unspecified atom stereocenters. The Kier molecular flexibility index (Phi) is 7.31. The smallest absolute Gasteiger partial charge is 0.279 e. The number of carbonyl (C=O) groups is 1. The molecular formula is C25H26FN3O3S2. The number of aromatic nitrogens is 1. The molecule has 2 aromatic carbocycles. The Balaban J connectivity index is 1.63. The van der Waals surface area contributed by atoms with Gasteiger partial charge in [0.1, 0.15) is 5.82 Å². The molecule has 0 atom stereocenters. The quantitative estimate of drug-likeness (QED) is 0.467. The average molecular weight is 500 g/mol.